The van der Waals surface area contributed by atoms with Crippen LogP contribution in [0.1, 0.15) is 6.42 Å². The Hall–Kier alpha value is -0.540. The summed E-state index contributed by atoms with van der Waals surface area (Å²) in [4.78, 5) is 1.24. The molecule has 0 spiro atoms. The van der Waals surface area contributed by atoms with Crippen LogP contribution in [0.15, 0.2) is 23.8 Å². The van der Waals surface area contributed by atoms with Crippen LogP contribution in [0.25, 0.3) is 0 Å². The van der Waals surface area contributed by atoms with E-state index < -0.39 is 0 Å². The van der Waals surface area contributed by atoms with Crippen LogP contribution in [0.4, 0.5) is 0 Å². The first kappa shape index (κ1) is 7.57. The van der Waals surface area contributed by atoms with Gasteiger partial charge < -0.3 is 5.73 Å². The fourth-order valence-electron chi connectivity index (χ4n) is 0.762. The van der Waals surface area contributed by atoms with E-state index in [1.54, 1.807) is 0 Å². The van der Waals surface area contributed by atoms with Gasteiger partial charge in [0.2, 0.25) is 0 Å². The van der Waals surface area contributed by atoms with Gasteiger partial charge in [0.25, 0.3) is 0 Å². The first-order chi connectivity index (χ1) is 4.72. The second-order valence-corrected chi connectivity index (χ2v) is 2.93. The van der Waals surface area contributed by atoms with Crippen LogP contribution in [-0.2, 0) is 0 Å². The third kappa shape index (κ3) is 1.49. The summed E-state index contributed by atoms with van der Waals surface area (Å²) in [6, 6.07) is 0. The molecule has 0 saturated heterocycles. The van der Waals surface area contributed by atoms with Gasteiger partial charge in [0.15, 0.2) is 0 Å². The number of nitrogens with two attached hydrogens (primary N) is 1. The highest BCUT2D eigenvalue weighted by Crippen LogP contribution is 2.09. The third-order valence-corrected chi connectivity index (χ3v) is 1.87. The lowest BCUT2D eigenvalue weighted by molar-refractivity contribution is 1.48. The Bertz CT molecular complexity index is 238. The number of allylic oxidation sites excluding steroid dienone is 3. The van der Waals surface area contributed by atoms with Gasteiger partial charge in [0.1, 0.15) is 4.99 Å². The zero-order valence-electron chi connectivity index (χ0n) is 5.33. The van der Waals surface area contributed by atoms with Crippen molar-refractivity contribution < 1.29 is 0 Å². The van der Waals surface area contributed by atoms with Crippen molar-refractivity contribution in [3.8, 4) is 0 Å². The molecule has 0 aromatic carbocycles. The molecule has 52 valence electrons. The molecule has 3 heteroatoms. The van der Waals surface area contributed by atoms with Gasteiger partial charge in [-0.05, 0) is 0 Å². The Kier molecular flexibility index (Phi) is 2.29. The maximum Gasteiger partial charge on any atom is 0.105 e. The van der Waals surface area contributed by atoms with Gasteiger partial charge >= 0.3 is 0 Å². The van der Waals surface area contributed by atoms with E-state index in [9.17, 15) is 0 Å². The van der Waals surface area contributed by atoms with Gasteiger partial charge in [-0.3, -0.25) is 0 Å². The van der Waals surface area contributed by atoms with Gasteiger partial charge in [0, 0.05) is 16.9 Å². The van der Waals surface area contributed by atoms with E-state index in [0.29, 0.717) is 4.99 Å². The summed E-state index contributed by atoms with van der Waals surface area (Å²) in [7, 11) is 0. The van der Waals surface area contributed by atoms with Gasteiger partial charge in [-0.15, -0.1) is 0 Å². The normalized spacial score (nSPS) is 16.8. The molecule has 0 unspecified atom stereocenters. The number of hydrogen-bond acceptors (Lipinski definition) is 2. The van der Waals surface area contributed by atoms with Crippen LogP contribution in [0, 0.1) is 0 Å². The fourth-order valence-corrected chi connectivity index (χ4v) is 1.29. The van der Waals surface area contributed by atoms with Gasteiger partial charge in [-0.25, -0.2) is 0 Å². The topological polar surface area (TPSA) is 26.0 Å². The second kappa shape index (κ2) is 3.03. The Balaban J connectivity index is 2.91. The monoisotopic (exact) mass is 169 g/mol. The van der Waals surface area contributed by atoms with Crippen molar-refractivity contribution in [3.05, 3.63) is 23.8 Å². The van der Waals surface area contributed by atoms with Gasteiger partial charge in [-0.2, -0.15) is 0 Å². The quantitative estimate of drug-likeness (QED) is 0.603. The third-order valence-electron chi connectivity index (χ3n) is 1.27. The van der Waals surface area contributed by atoms with Crippen LogP contribution in [-0.4, -0.2) is 9.85 Å². The van der Waals surface area contributed by atoms with Crippen molar-refractivity contribution in [2.75, 3.05) is 0 Å². The Labute approximate surface area is 70.6 Å². The van der Waals surface area contributed by atoms with Crippen LogP contribution >= 0.6 is 24.4 Å². The number of rotatable bonds is 1. The molecule has 0 aliphatic heterocycles. The molecule has 0 heterocycles. The zero-order valence-corrected chi connectivity index (χ0v) is 6.97. The molecule has 2 N–H and O–H groups in total. The molecule has 0 amide bonds. The minimum absolute atomic E-state index is 0.398. The van der Waals surface area contributed by atoms with Crippen LogP contribution in [0.2, 0.25) is 0 Å². The molecule has 1 aliphatic carbocycles. The standard InChI is InChI=1S/C7H7NS2/c8-7(10)5-3-1-2-4-6(5)9/h1-3H,4H2,(H2,8,10). The summed E-state index contributed by atoms with van der Waals surface area (Å²) >= 11 is 9.80. The van der Waals surface area contributed by atoms with E-state index in [1.807, 2.05) is 18.2 Å². The maximum atomic E-state index is 5.40. The first-order valence-electron chi connectivity index (χ1n) is 2.91. The molecule has 0 radical (unpaired) electrons. The Morgan fingerprint density at radius 1 is 1.60 bits per heavy atom. The van der Waals surface area contributed by atoms with Crippen LogP contribution in [0.5, 0.6) is 0 Å². The SMILES string of the molecule is NC(=S)C1=CC=CCC1=S. The minimum Gasteiger partial charge on any atom is -0.389 e. The first-order valence-corrected chi connectivity index (χ1v) is 3.73. The van der Waals surface area contributed by atoms with Crippen LogP contribution in [0.3, 0.4) is 0 Å². The van der Waals surface area contributed by atoms with E-state index in [0.717, 1.165) is 16.9 Å². The summed E-state index contributed by atoms with van der Waals surface area (Å²) in [5, 5.41) is 0. The summed E-state index contributed by atoms with van der Waals surface area (Å²) in [5.74, 6) is 0. The predicted molar refractivity (Wildman–Crippen MR) is 51.2 cm³/mol. The Morgan fingerprint density at radius 3 is 2.70 bits per heavy atom. The molecule has 1 nitrogen and oxygen atoms in total. The zero-order chi connectivity index (χ0) is 7.56. The molecule has 1 rings (SSSR count). The molecule has 1 aliphatic rings. The summed E-state index contributed by atoms with van der Waals surface area (Å²) in [5.41, 5.74) is 6.24. The van der Waals surface area contributed by atoms with Crippen molar-refractivity contribution in [1.29, 1.82) is 0 Å². The smallest absolute Gasteiger partial charge is 0.105 e. The lowest BCUT2D eigenvalue weighted by atomic mass is 10.1. The summed E-state index contributed by atoms with van der Waals surface area (Å²) in [6.07, 6.45) is 6.56. The van der Waals surface area contributed by atoms with Crippen molar-refractivity contribution in [2.24, 2.45) is 5.73 Å². The summed E-state index contributed by atoms with van der Waals surface area (Å²) < 4.78 is 0. The molecular formula is C7H7NS2. The average Bonchev–Trinajstić information content (AvgIpc) is 1.88. The predicted octanol–water partition coefficient (Wildman–Crippen LogP) is 1.53. The Morgan fingerprint density at radius 2 is 2.30 bits per heavy atom. The van der Waals surface area contributed by atoms with E-state index >= 15 is 0 Å². The molecule has 0 fully saturated rings. The second-order valence-electron chi connectivity index (χ2n) is 2.00. The van der Waals surface area contributed by atoms with E-state index in [-0.39, 0.29) is 0 Å². The van der Waals surface area contributed by atoms with Gasteiger partial charge in [0.05, 0.1) is 0 Å². The van der Waals surface area contributed by atoms with Crippen molar-refractivity contribution in [1.82, 2.24) is 0 Å². The maximum absolute atomic E-state index is 5.40. The molecule has 0 atom stereocenters. The lowest BCUT2D eigenvalue weighted by Crippen LogP contribution is -2.18. The van der Waals surface area contributed by atoms with E-state index in [2.05, 4.69) is 0 Å². The molecule has 0 aromatic rings. The van der Waals surface area contributed by atoms with Crippen molar-refractivity contribution in [3.63, 3.8) is 0 Å². The fraction of sp³-hybridized carbons (Fsp3) is 0.143. The molecule has 10 heavy (non-hydrogen) atoms. The highest BCUT2D eigenvalue weighted by Gasteiger charge is 2.07. The van der Waals surface area contributed by atoms with Crippen LogP contribution < -0.4 is 5.73 Å². The number of thiocarbonyl (C=S) groups is 2. The molecular weight excluding hydrogens is 162 g/mol. The molecule has 0 bridgehead atoms. The lowest BCUT2D eigenvalue weighted by Gasteiger charge is -2.07. The highest BCUT2D eigenvalue weighted by atomic mass is 32.1. The van der Waals surface area contributed by atoms with E-state index in [1.165, 1.54) is 0 Å². The largest absolute Gasteiger partial charge is 0.389 e. The van der Waals surface area contributed by atoms with Crippen molar-refractivity contribution in [2.45, 2.75) is 6.42 Å². The minimum atomic E-state index is 0.398. The molecule has 0 saturated carbocycles. The molecule has 0 aromatic heterocycles. The van der Waals surface area contributed by atoms with Crippen molar-refractivity contribution >= 4 is 34.3 Å². The highest BCUT2D eigenvalue weighted by molar-refractivity contribution is 7.83. The average molecular weight is 169 g/mol. The number of hydrogen-bond donors (Lipinski definition) is 1. The van der Waals surface area contributed by atoms with E-state index in [4.69, 9.17) is 30.2 Å². The summed E-state index contributed by atoms with van der Waals surface area (Å²) in [6.45, 7) is 0. The van der Waals surface area contributed by atoms with Gasteiger partial charge in [-0.1, -0.05) is 42.7 Å².